The molecule has 0 saturated carbocycles. The summed E-state index contributed by atoms with van der Waals surface area (Å²) in [5.41, 5.74) is 1.22. The quantitative estimate of drug-likeness (QED) is 0.791. The minimum absolute atomic E-state index is 0.304. The molecular formula is C12H15NO. The van der Waals surface area contributed by atoms with Gasteiger partial charge in [0.15, 0.2) is 0 Å². The van der Waals surface area contributed by atoms with Crippen molar-refractivity contribution in [3.63, 3.8) is 0 Å². The van der Waals surface area contributed by atoms with Crippen LogP contribution < -0.4 is 0 Å². The van der Waals surface area contributed by atoms with Gasteiger partial charge in [-0.2, -0.15) is 5.26 Å². The maximum absolute atomic E-state index is 9.09. The van der Waals surface area contributed by atoms with Crippen LogP contribution in [0.3, 0.4) is 0 Å². The highest BCUT2D eigenvalue weighted by Gasteiger charge is 2.03. The lowest BCUT2D eigenvalue weighted by Crippen LogP contribution is -1.98. The predicted octanol–water partition coefficient (Wildman–Crippen LogP) is 2.87. The third-order valence-corrected chi connectivity index (χ3v) is 2.27. The maximum Gasteiger partial charge on any atom is 0.115 e. The minimum atomic E-state index is 0.304. The first kappa shape index (κ1) is 10.6. The van der Waals surface area contributed by atoms with Crippen LogP contribution >= 0.6 is 0 Å². The highest BCUT2D eigenvalue weighted by Crippen LogP contribution is 2.16. The highest BCUT2D eigenvalue weighted by molar-refractivity contribution is 5.26. The fourth-order valence-corrected chi connectivity index (χ4v) is 1.45. The number of hydrogen-bond donors (Lipinski definition) is 1. The molecule has 1 aromatic rings. The summed E-state index contributed by atoms with van der Waals surface area (Å²) in [6.07, 6.45) is 2.54. The van der Waals surface area contributed by atoms with Crippen molar-refractivity contribution in [1.82, 2.24) is 0 Å². The molecule has 0 amide bonds. The van der Waals surface area contributed by atoms with Crippen LogP contribution in [0.1, 0.15) is 25.3 Å². The van der Waals surface area contributed by atoms with E-state index in [4.69, 9.17) is 10.4 Å². The number of rotatable bonds is 4. The van der Waals surface area contributed by atoms with Gasteiger partial charge in [0.25, 0.3) is 0 Å². The van der Waals surface area contributed by atoms with E-state index in [1.807, 2.05) is 12.1 Å². The number of phenolic OH excluding ortho intramolecular Hbond substituents is 1. The van der Waals surface area contributed by atoms with Crippen LogP contribution in [-0.4, -0.2) is 5.11 Å². The van der Waals surface area contributed by atoms with Gasteiger partial charge in [-0.05, 0) is 36.5 Å². The van der Waals surface area contributed by atoms with Crippen molar-refractivity contribution in [1.29, 1.82) is 5.26 Å². The van der Waals surface area contributed by atoms with E-state index in [2.05, 4.69) is 13.0 Å². The van der Waals surface area contributed by atoms with E-state index in [1.165, 1.54) is 5.56 Å². The zero-order chi connectivity index (χ0) is 10.4. The molecule has 0 bridgehead atoms. The van der Waals surface area contributed by atoms with Gasteiger partial charge in [0.1, 0.15) is 5.75 Å². The largest absolute Gasteiger partial charge is 0.508 e. The van der Waals surface area contributed by atoms with E-state index in [9.17, 15) is 0 Å². The molecule has 0 radical (unpaired) electrons. The van der Waals surface area contributed by atoms with Crippen LogP contribution in [0.5, 0.6) is 5.75 Å². The van der Waals surface area contributed by atoms with E-state index >= 15 is 0 Å². The molecule has 1 aromatic carbocycles. The van der Waals surface area contributed by atoms with Gasteiger partial charge >= 0.3 is 0 Å². The fourth-order valence-electron chi connectivity index (χ4n) is 1.45. The van der Waals surface area contributed by atoms with Crippen molar-refractivity contribution >= 4 is 0 Å². The molecule has 1 rings (SSSR count). The summed E-state index contributed by atoms with van der Waals surface area (Å²) in [4.78, 5) is 0. The van der Waals surface area contributed by atoms with Gasteiger partial charge in [-0.15, -0.1) is 0 Å². The first-order valence-corrected chi connectivity index (χ1v) is 4.87. The third-order valence-electron chi connectivity index (χ3n) is 2.27. The van der Waals surface area contributed by atoms with Crippen molar-refractivity contribution in [3.8, 4) is 11.8 Å². The minimum Gasteiger partial charge on any atom is -0.508 e. The lowest BCUT2D eigenvalue weighted by atomic mass is 9.97. The monoisotopic (exact) mass is 189 g/mol. The number of nitrogens with zero attached hydrogens (tertiary/aromatic N) is 1. The number of nitriles is 1. The second-order valence-corrected chi connectivity index (χ2v) is 3.67. The maximum atomic E-state index is 9.09. The van der Waals surface area contributed by atoms with Gasteiger partial charge in [0.2, 0.25) is 0 Å². The van der Waals surface area contributed by atoms with E-state index in [1.54, 1.807) is 12.1 Å². The van der Waals surface area contributed by atoms with Crippen LogP contribution in [0.15, 0.2) is 24.3 Å². The topological polar surface area (TPSA) is 44.0 Å². The fraction of sp³-hybridized carbons (Fsp3) is 0.417. The Hall–Kier alpha value is -1.49. The van der Waals surface area contributed by atoms with Gasteiger partial charge in [-0.25, -0.2) is 0 Å². The summed E-state index contributed by atoms with van der Waals surface area (Å²) in [5, 5.41) is 17.5. The lowest BCUT2D eigenvalue weighted by molar-refractivity contribution is 0.474. The summed E-state index contributed by atoms with van der Waals surface area (Å²) in [6.45, 7) is 2.14. The molecule has 0 aliphatic heterocycles. The van der Waals surface area contributed by atoms with Gasteiger partial charge in [-0.3, -0.25) is 0 Å². The Morgan fingerprint density at radius 3 is 2.57 bits per heavy atom. The average Bonchev–Trinajstić information content (AvgIpc) is 2.18. The van der Waals surface area contributed by atoms with Crippen LogP contribution in [0, 0.1) is 17.2 Å². The van der Waals surface area contributed by atoms with E-state index in [-0.39, 0.29) is 0 Å². The van der Waals surface area contributed by atoms with Crippen molar-refractivity contribution < 1.29 is 5.11 Å². The van der Waals surface area contributed by atoms with E-state index in [0.29, 0.717) is 18.1 Å². The second kappa shape index (κ2) is 5.29. The Morgan fingerprint density at radius 1 is 1.36 bits per heavy atom. The lowest BCUT2D eigenvalue weighted by Gasteiger charge is -2.08. The first-order chi connectivity index (χ1) is 6.72. The summed E-state index contributed by atoms with van der Waals surface area (Å²) in [6, 6.07) is 9.41. The second-order valence-electron chi connectivity index (χ2n) is 3.67. The summed E-state index contributed by atoms with van der Waals surface area (Å²) >= 11 is 0. The van der Waals surface area contributed by atoms with E-state index < -0.39 is 0 Å². The SMILES string of the molecule is CC(CCC#N)Cc1ccc(O)cc1. The molecule has 74 valence electrons. The number of benzene rings is 1. The third kappa shape index (κ3) is 3.49. The molecule has 2 heteroatoms. The first-order valence-electron chi connectivity index (χ1n) is 4.87. The predicted molar refractivity (Wildman–Crippen MR) is 55.8 cm³/mol. The Labute approximate surface area is 84.8 Å². The summed E-state index contributed by atoms with van der Waals surface area (Å²) in [5.74, 6) is 0.831. The molecule has 2 nitrogen and oxygen atoms in total. The molecule has 0 saturated heterocycles. The standard InChI is InChI=1S/C12H15NO/c1-10(3-2-8-13)9-11-4-6-12(14)7-5-11/h4-7,10,14H,2-3,9H2,1H3. The Kier molecular flexibility index (Phi) is 4.00. The molecule has 1 unspecified atom stereocenters. The van der Waals surface area contributed by atoms with Gasteiger partial charge in [-0.1, -0.05) is 19.1 Å². The molecular weight excluding hydrogens is 174 g/mol. The van der Waals surface area contributed by atoms with Gasteiger partial charge < -0.3 is 5.11 Å². The zero-order valence-corrected chi connectivity index (χ0v) is 8.40. The summed E-state index contributed by atoms with van der Waals surface area (Å²) < 4.78 is 0. The molecule has 1 N–H and O–H groups in total. The van der Waals surface area contributed by atoms with Crippen molar-refractivity contribution in [2.24, 2.45) is 5.92 Å². The molecule has 14 heavy (non-hydrogen) atoms. The molecule has 0 spiro atoms. The van der Waals surface area contributed by atoms with Crippen LogP contribution in [0.25, 0.3) is 0 Å². The van der Waals surface area contributed by atoms with E-state index in [0.717, 1.165) is 12.8 Å². The Bertz CT molecular complexity index is 310. The Balaban J connectivity index is 2.44. The molecule has 0 aliphatic carbocycles. The number of aromatic hydroxyl groups is 1. The van der Waals surface area contributed by atoms with Crippen molar-refractivity contribution in [2.75, 3.05) is 0 Å². The molecule has 0 aromatic heterocycles. The van der Waals surface area contributed by atoms with Gasteiger partial charge in [0.05, 0.1) is 6.07 Å². The number of hydrogen-bond acceptors (Lipinski definition) is 2. The van der Waals surface area contributed by atoms with Crippen LogP contribution in [0.2, 0.25) is 0 Å². The van der Waals surface area contributed by atoms with Crippen molar-refractivity contribution in [3.05, 3.63) is 29.8 Å². The normalized spacial score (nSPS) is 12.0. The van der Waals surface area contributed by atoms with Crippen LogP contribution in [0.4, 0.5) is 0 Å². The highest BCUT2D eigenvalue weighted by atomic mass is 16.3. The van der Waals surface area contributed by atoms with Crippen LogP contribution in [-0.2, 0) is 6.42 Å². The molecule has 0 heterocycles. The summed E-state index contributed by atoms with van der Waals surface area (Å²) in [7, 11) is 0. The number of phenols is 1. The Morgan fingerprint density at radius 2 is 2.00 bits per heavy atom. The molecule has 1 atom stereocenters. The van der Waals surface area contributed by atoms with Crippen molar-refractivity contribution in [2.45, 2.75) is 26.2 Å². The zero-order valence-electron chi connectivity index (χ0n) is 8.40. The smallest absolute Gasteiger partial charge is 0.115 e. The average molecular weight is 189 g/mol. The van der Waals surface area contributed by atoms with Gasteiger partial charge in [0, 0.05) is 6.42 Å². The molecule has 0 aliphatic rings. The molecule has 0 fully saturated rings.